The van der Waals surface area contributed by atoms with E-state index in [0.29, 0.717) is 12.5 Å². The first-order valence-electron chi connectivity index (χ1n) is 6.60. The van der Waals surface area contributed by atoms with Crippen LogP contribution in [-0.4, -0.2) is 27.8 Å². The van der Waals surface area contributed by atoms with Crippen molar-refractivity contribution >= 4 is 10.0 Å². The van der Waals surface area contributed by atoms with E-state index in [-0.39, 0.29) is 11.8 Å². The summed E-state index contributed by atoms with van der Waals surface area (Å²) in [7, 11) is -1.69. The highest BCUT2D eigenvalue weighted by Crippen LogP contribution is 2.18. The van der Waals surface area contributed by atoms with Crippen molar-refractivity contribution in [2.75, 3.05) is 19.3 Å². The van der Waals surface area contributed by atoms with Gasteiger partial charge >= 0.3 is 0 Å². The van der Waals surface area contributed by atoms with Crippen molar-refractivity contribution in [3.05, 3.63) is 35.4 Å². The average Bonchev–Trinajstić information content (AvgIpc) is 2.38. The van der Waals surface area contributed by atoms with Gasteiger partial charge in [-0.25, -0.2) is 13.1 Å². The largest absolute Gasteiger partial charge is 0.309 e. The van der Waals surface area contributed by atoms with E-state index in [0.717, 1.165) is 0 Å². The zero-order valence-corrected chi connectivity index (χ0v) is 12.9. The predicted octanol–water partition coefficient (Wildman–Crippen LogP) is 2.01. The van der Waals surface area contributed by atoms with Crippen molar-refractivity contribution in [3.8, 4) is 0 Å². The molecule has 0 radical (unpaired) electrons. The Morgan fingerprint density at radius 1 is 1.05 bits per heavy atom. The van der Waals surface area contributed by atoms with Crippen LogP contribution < -0.4 is 10.0 Å². The first kappa shape index (κ1) is 16.1. The van der Waals surface area contributed by atoms with Crippen molar-refractivity contribution in [3.63, 3.8) is 0 Å². The van der Waals surface area contributed by atoms with Crippen LogP contribution in [0.1, 0.15) is 43.9 Å². The van der Waals surface area contributed by atoms with Crippen LogP contribution >= 0.6 is 0 Å². The molecule has 4 nitrogen and oxygen atoms in total. The number of hydrogen-bond donors (Lipinski definition) is 2. The van der Waals surface area contributed by atoms with E-state index >= 15 is 0 Å². The predicted molar refractivity (Wildman–Crippen MR) is 79.8 cm³/mol. The third kappa shape index (κ3) is 5.30. The Balaban J connectivity index is 2.52. The van der Waals surface area contributed by atoms with Crippen LogP contribution in [0.25, 0.3) is 0 Å². The van der Waals surface area contributed by atoms with E-state index in [1.165, 1.54) is 18.2 Å². The molecule has 1 aromatic rings. The molecule has 0 aliphatic heterocycles. The van der Waals surface area contributed by atoms with Crippen molar-refractivity contribution in [2.45, 2.75) is 32.7 Å². The van der Waals surface area contributed by atoms with E-state index in [1.54, 1.807) is 0 Å². The molecule has 1 unspecified atom stereocenters. The van der Waals surface area contributed by atoms with Crippen molar-refractivity contribution in [2.24, 2.45) is 0 Å². The number of rotatable bonds is 7. The maximum Gasteiger partial charge on any atom is 0.212 e. The van der Waals surface area contributed by atoms with Gasteiger partial charge in [-0.05, 0) is 31.0 Å². The number of hydrogen-bond acceptors (Lipinski definition) is 3. The summed E-state index contributed by atoms with van der Waals surface area (Å²) in [5, 5.41) is 3.22. The molecule has 0 amide bonds. The Kier molecular flexibility index (Phi) is 5.97. The lowest BCUT2D eigenvalue weighted by molar-refractivity contribution is 0.567. The standard InChI is InChI=1S/C14H24N2O2S/c1-11(2)13-5-7-14(8-6-13)12(3)16-9-10-19(17,18)15-4/h5-8,11-12,15-16H,9-10H2,1-4H3. The Labute approximate surface area is 116 Å². The molecule has 1 atom stereocenters. The van der Waals surface area contributed by atoms with Gasteiger partial charge in [0.25, 0.3) is 0 Å². The second-order valence-corrected chi connectivity index (χ2v) is 7.07. The zero-order valence-electron chi connectivity index (χ0n) is 12.1. The van der Waals surface area contributed by atoms with Gasteiger partial charge in [0.15, 0.2) is 0 Å². The molecule has 108 valence electrons. The summed E-state index contributed by atoms with van der Waals surface area (Å²) in [5.74, 6) is 0.621. The topological polar surface area (TPSA) is 58.2 Å². The van der Waals surface area contributed by atoms with Crippen molar-refractivity contribution in [1.29, 1.82) is 0 Å². The molecule has 0 aliphatic carbocycles. The summed E-state index contributed by atoms with van der Waals surface area (Å²) in [5.41, 5.74) is 2.49. The molecule has 5 heteroatoms. The molecule has 1 rings (SSSR count). The van der Waals surface area contributed by atoms with Gasteiger partial charge in [-0.2, -0.15) is 0 Å². The minimum absolute atomic E-state index is 0.0952. The smallest absolute Gasteiger partial charge is 0.212 e. The molecule has 19 heavy (non-hydrogen) atoms. The van der Waals surface area contributed by atoms with Crippen LogP contribution in [-0.2, 0) is 10.0 Å². The first-order valence-corrected chi connectivity index (χ1v) is 8.25. The lowest BCUT2D eigenvalue weighted by Crippen LogP contribution is -2.30. The van der Waals surface area contributed by atoms with Crippen LogP contribution in [0.15, 0.2) is 24.3 Å². The molecular formula is C14H24N2O2S. The molecule has 0 saturated carbocycles. The van der Waals surface area contributed by atoms with Gasteiger partial charge in [0.1, 0.15) is 0 Å². The second kappa shape index (κ2) is 7.03. The van der Waals surface area contributed by atoms with Crippen LogP contribution in [0.2, 0.25) is 0 Å². The van der Waals surface area contributed by atoms with E-state index in [9.17, 15) is 8.42 Å². The average molecular weight is 284 g/mol. The van der Waals surface area contributed by atoms with E-state index in [4.69, 9.17) is 0 Å². The third-order valence-corrected chi connectivity index (χ3v) is 4.60. The van der Waals surface area contributed by atoms with Gasteiger partial charge in [0.05, 0.1) is 5.75 Å². The minimum Gasteiger partial charge on any atom is -0.309 e. The third-order valence-electron chi connectivity index (χ3n) is 3.24. The van der Waals surface area contributed by atoms with Crippen molar-refractivity contribution < 1.29 is 8.42 Å². The maximum absolute atomic E-state index is 11.3. The van der Waals surface area contributed by atoms with E-state index < -0.39 is 10.0 Å². The second-order valence-electron chi connectivity index (χ2n) is 5.02. The Morgan fingerprint density at radius 3 is 2.05 bits per heavy atom. The Bertz CT molecular complexity index is 481. The van der Waals surface area contributed by atoms with Crippen LogP contribution in [0.3, 0.4) is 0 Å². The van der Waals surface area contributed by atoms with Crippen LogP contribution in [0, 0.1) is 0 Å². The fraction of sp³-hybridized carbons (Fsp3) is 0.571. The molecule has 0 heterocycles. The van der Waals surface area contributed by atoms with Gasteiger partial charge in [-0.1, -0.05) is 38.1 Å². The van der Waals surface area contributed by atoms with Crippen LogP contribution in [0.5, 0.6) is 0 Å². The number of sulfonamides is 1. The van der Waals surface area contributed by atoms with E-state index in [1.807, 2.05) is 6.92 Å². The molecule has 0 aliphatic rings. The van der Waals surface area contributed by atoms with Gasteiger partial charge < -0.3 is 5.32 Å². The quantitative estimate of drug-likeness (QED) is 0.805. The Hall–Kier alpha value is -0.910. The summed E-state index contributed by atoms with van der Waals surface area (Å²) >= 11 is 0. The summed E-state index contributed by atoms with van der Waals surface area (Å²) in [6, 6.07) is 8.60. The normalized spacial score (nSPS) is 13.7. The maximum atomic E-state index is 11.3. The highest BCUT2D eigenvalue weighted by atomic mass is 32.2. The highest BCUT2D eigenvalue weighted by Gasteiger charge is 2.09. The lowest BCUT2D eigenvalue weighted by atomic mass is 10.00. The molecule has 2 N–H and O–H groups in total. The fourth-order valence-electron chi connectivity index (χ4n) is 1.80. The molecular weight excluding hydrogens is 260 g/mol. The molecule has 0 fully saturated rings. The van der Waals surface area contributed by atoms with Gasteiger partial charge in [0, 0.05) is 12.6 Å². The summed E-state index contributed by atoms with van der Waals surface area (Å²) in [4.78, 5) is 0. The van der Waals surface area contributed by atoms with Crippen molar-refractivity contribution in [1.82, 2.24) is 10.0 Å². The monoisotopic (exact) mass is 284 g/mol. The Morgan fingerprint density at radius 2 is 1.58 bits per heavy atom. The summed E-state index contributed by atoms with van der Waals surface area (Å²) < 4.78 is 24.9. The van der Waals surface area contributed by atoms with Crippen LogP contribution in [0.4, 0.5) is 0 Å². The molecule has 0 bridgehead atoms. The number of nitrogens with one attached hydrogen (secondary N) is 2. The lowest BCUT2D eigenvalue weighted by Gasteiger charge is -2.15. The molecule has 0 spiro atoms. The molecule has 0 saturated heterocycles. The summed E-state index contributed by atoms with van der Waals surface area (Å²) in [6.45, 7) is 6.81. The van der Waals surface area contributed by atoms with Gasteiger partial charge in [0.2, 0.25) is 10.0 Å². The number of benzene rings is 1. The SMILES string of the molecule is CNS(=O)(=O)CCNC(C)c1ccc(C(C)C)cc1. The zero-order chi connectivity index (χ0) is 14.5. The van der Waals surface area contributed by atoms with E-state index in [2.05, 4.69) is 48.2 Å². The highest BCUT2D eigenvalue weighted by molar-refractivity contribution is 7.89. The molecule has 0 aromatic heterocycles. The molecule has 1 aromatic carbocycles. The fourth-order valence-corrected chi connectivity index (χ4v) is 2.39. The first-order chi connectivity index (χ1) is 8.85. The van der Waals surface area contributed by atoms with Gasteiger partial charge in [-0.3, -0.25) is 0 Å². The van der Waals surface area contributed by atoms with Gasteiger partial charge in [-0.15, -0.1) is 0 Å². The summed E-state index contributed by atoms with van der Waals surface area (Å²) in [6.07, 6.45) is 0. The minimum atomic E-state index is -3.13.